The molecular weight excluding hydrogens is 184 g/mol. The Hall–Kier alpha value is -0.160. The highest BCUT2D eigenvalue weighted by Gasteiger charge is 2.56. The van der Waals surface area contributed by atoms with E-state index in [-0.39, 0.29) is 18.3 Å². The minimum Gasteiger partial charge on any atom is -0.368 e. The van der Waals surface area contributed by atoms with Crippen LogP contribution in [0.3, 0.4) is 0 Å². The Balaban J connectivity index is 1.78. The van der Waals surface area contributed by atoms with Gasteiger partial charge >= 0.3 is 0 Å². The van der Waals surface area contributed by atoms with E-state index in [0.29, 0.717) is 12.3 Å². The third-order valence-electron chi connectivity index (χ3n) is 3.39. The second-order valence-electron chi connectivity index (χ2n) is 4.90. The number of hydrogen-bond donors (Lipinski definition) is 1. The zero-order valence-corrected chi connectivity index (χ0v) is 8.47. The van der Waals surface area contributed by atoms with Crippen molar-refractivity contribution in [3.05, 3.63) is 0 Å². The lowest BCUT2D eigenvalue weighted by Crippen LogP contribution is -2.27. The van der Waals surface area contributed by atoms with Crippen molar-refractivity contribution in [1.82, 2.24) is 0 Å². The van der Waals surface area contributed by atoms with Gasteiger partial charge in [-0.25, -0.2) is 0 Å². The number of fused-ring (bicyclic) bond motifs is 3. The SMILES string of the molecule is CC1(C)OC2CC3OC(O)CC3C2O1. The topological polar surface area (TPSA) is 47.9 Å². The van der Waals surface area contributed by atoms with Gasteiger partial charge < -0.3 is 19.3 Å². The Morgan fingerprint density at radius 3 is 2.71 bits per heavy atom. The fourth-order valence-electron chi connectivity index (χ4n) is 2.96. The van der Waals surface area contributed by atoms with E-state index in [9.17, 15) is 5.11 Å². The largest absolute Gasteiger partial charge is 0.368 e. The van der Waals surface area contributed by atoms with E-state index in [2.05, 4.69) is 0 Å². The third-order valence-corrected chi connectivity index (χ3v) is 3.39. The Morgan fingerprint density at radius 2 is 1.93 bits per heavy atom. The lowest BCUT2D eigenvalue weighted by Gasteiger charge is -2.21. The molecule has 1 N–H and O–H groups in total. The molecule has 0 aromatic rings. The first-order chi connectivity index (χ1) is 6.55. The molecule has 1 saturated carbocycles. The number of rotatable bonds is 0. The number of aliphatic hydroxyl groups is 1. The van der Waals surface area contributed by atoms with Gasteiger partial charge in [0, 0.05) is 18.8 Å². The number of ether oxygens (including phenoxy) is 3. The lowest BCUT2D eigenvalue weighted by atomic mass is 10.0. The van der Waals surface area contributed by atoms with Gasteiger partial charge in [0.05, 0.1) is 18.3 Å². The molecule has 2 aliphatic heterocycles. The average molecular weight is 200 g/mol. The summed E-state index contributed by atoms with van der Waals surface area (Å²) >= 11 is 0. The lowest BCUT2D eigenvalue weighted by molar-refractivity contribution is -0.164. The highest BCUT2D eigenvalue weighted by molar-refractivity contribution is 5.01. The number of aliphatic hydroxyl groups excluding tert-OH is 1. The Bertz CT molecular complexity index is 253. The van der Waals surface area contributed by atoms with Crippen LogP contribution in [-0.4, -0.2) is 35.5 Å². The van der Waals surface area contributed by atoms with Crippen LogP contribution in [0.15, 0.2) is 0 Å². The summed E-state index contributed by atoms with van der Waals surface area (Å²) in [6, 6.07) is 0. The molecule has 0 aromatic heterocycles. The highest BCUT2D eigenvalue weighted by Crippen LogP contribution is 2.47. The number of hydrogen-bond acceptors (Lipinski definition) is 4. The molecule has 14 heavy (non-hydrogen) atoms. The van der Waals surface area contributed by atoms with Crippen LogP contribution in [0.25, 0.3) is 0 Å². The molecule has 80 valence electrons. The first kappa shape index (κ1) is 9.09. The van der Waals surface area contributed by atoms with E-state index in [1.807, 2.05) is 13.8 Å². The van der Waals surface area contributed by atoms with Gasteiger partial charge in [0.2, 0.25) is 0 Å². The van der Waals surface area contributed by atoms with Crippen molar-refractivity contribution in [3.8, 4) is 0 Å². The summed E-state index contributed by atoms with van der Waals surface area (Å²) in [4.78, 5) is 0. The van der Waals surface area contributed by atoms with Gasteiger partial charge in [-0.3, -0.25) is 0 Å². The molecule has 4 heteroatoms. The summed E-state index contributed by atoms with van der Waals surface area (Å²) in [5.41, 5.74) is 0. The molecule has 4 nitrogen and oxygen atoms in total. The fraction of sp³-hybridized carbons (Fsp3) is 1.00. The van der Waals surface area contributed by atoms with Gasteiger partial charge in [0.15, 0.2) is 12.1 Å². The van der Waals surface area contributed by atoms with Crippen LogP contribution in [0.2, 0.25) is 0 Å². The van der Waals surface area contributed by atoms with Crippen LogP contribution < -0.4 is 0 Å². The van der Waals surface area contributed by atoms with Crippen molar-refractivity contribution in [3.63, 3.8) is 0 Å². The van der Waals surface area contributed by atoms with Crippen molar-refractivity contribution in [2.75, 3.05) is 0 Å². The quantitative estimate of drug-likeness (QED) is 0.623. The Kier molecular flexibility index (Phi) is 1.75. The van der Waals surface area contributed by atoms with E-state index < -0.39 is 12.1 Å². The summed E-state index contributed by atoms with van der Waals surface area (Å²) in [5.74, 6) is -0.148. The molecule has 3 aliphatic rings. The second-order valence-corrected chi connectivity index (χ2v) is 4.90. The van der Waals surface area contributed by atoms with E-state index >= 15 is 0 Å². The van der Waals surface area contributed by atoms with Gasteiger partial charge in [0.1, 0.15) is 0 Å². The normalized spacial score (nSPS) is 54.6. The van der Waals surface area contributed by atoms with Gasteiger partial charge in [-0.05, 0) is 13.8 Å². The molecule has 5 unspecified atom stereocenters. The van der Waals surface area contributed by atoms with Crippen LogP contribution in [0.5, 0.6) is 0 Å². The van der Waals surface area contributed by atoms with Gasteiger partial charge in [-0.1, -0.05) is 0 Å². The molecule has 5 atom stereocenters. The van der Waals surface area contributed by atoms with E-state index in [4.69, 9.17) is 14.2 Å². The molecule has 1 aliphatic carbocycles. The minimum atomic E-state index is -0.599. The highest BCUT2D eigenvalue weighted by atomic mass is 16.8. The van der Waals surface area contributed by atoms with Gasteiger partial charge in [-0.15, -0.1) is 0 Å². The zero-order chi connectivity index (χ0) is 9.92. The van der Waals surface area contributed by atoms with Crippen LogP contribution in [0.4, 0.5) is 0 Å². The molecular formula is C10H16O4. The smallest absolute Gasteiger partial charge is 0.163 e. The minimum absolute atomic E-state index is 0.118. The third kappa shape index (κ3) is 1.21. The molecule has 0 amide bonds. The van der Waals surface area contributed by atoms with E-state index in [1.165, 1.54) is 0 Å². The summed E-state index contributed by atoms with van der Waals surface area (Å²) < 4.78 is 17.0. The van der Waals surface area contributed by atoms with Crippen LogP contribution in [0, 0.1) is 5.92 Å². The van der Waals surface area contributed by atoms with E-state index in [0.717, 1.165) is 6.42 Å². The van der Waals surface area contributed by atoms with Gasteiger partial charge in [0.25, 0.3) is 0 Å². The van der Waals surface area contributed by atoms with Gasteiger partial charge in [-0.2, -0.15) is 0 Å². The molecule has 2 heterocycles. The van der Waals surface area contributed by atoms with Crippen LogP contribution in [-0.2, 0) is 14.2 Å². The van der Waals surface area contributed by atoms with E-state index in [1.54, 1.807) is 0 Å². The molecule has 0 bridgehead atoms. The monoisotopic (exact) mass is 200 g/mol. The standard InChI is InChI=1S/C10H16O4/c1-10(2)13-7-4-6-5(9(7)14-10)3-8(11)12-6/h5-9,11H,3-4H2,1-2H3. The van der Waals surface area contributed by atoms with Crippen molar-refractivity contribution in [1.29, 1.82) is 0 Å². The predicted molar refractivity (Wildman–Crippen MR) is 47.4 cm³/mol. The van der Waals surface area contributed by atoms with Crippen LogP contribution in [0.1, 0.15) is 26.7 Å². The fourth-order valence-corrected chi connectivity index (χ4v) is 2.96. The first-order valence-electron chi connectivity index (χ1n) is 5.24. The molecule has 0 spiro atoms. The van der Waals surface area contributed by atoms with Crippen LogP contribution >= 0.6 is 0 Å². The molecule has 0 aromatic carbocycles. The molecule has 3 rings (SSSR count). The zero-order valence-electron chi connectivity index (χ0n) is 8.47. The summed E-state index contributed by atoms with van der Waals surface area (Å²) in [6.07, 6.45) is 1.36. The first-order valence-corrected chi connectivity index (χ1v) is 5.24. The maximum Gasteiger partial charge on any atom is 0.163 e. The van der Waals surface area contributed by atoms with Crippen molar-refractivity contribution < 1.29 is 19.3 Å². The molecule has 0 radical (unpaired) electrons. The Morgan fingerprint density at radius 1 is 1.14 bits per heavy atom. The second kappa shape index (κ2) is 2.70. The van der Waals surface area contributed by atoms with Crippen molar-refractivity contribution >= 4 is 0 Å². The molecule has 2 saturated heterocycles. The molecule has 3 fully saturated rings. The summed E-state index contributed by atoms with van der Waals surface area (Å²) in [7, 11) is 0. The maximum absolute atomic E-state index is 9.37. The summed E-state index contributed by atoms with van der Waals surface area (Å²) in [5, 5.41) is 9.37. The maximum atomic E-state index is 9.37. The summed E-state index contributed by atoms with van der Waals surface area (Å²) in [6.45, 7) is 3.87. The Labute approximate surface area is 83.1 Å². The average Bonchev–Trinajstić information content (AvgIpc) is 2.58. The predicted octanol–water partition coefficient (Wildman–Crippen LogP) is 0.634. The van der Waals surface area contributed by atoms with Crippen molar-refractivity contribution in [2.45, 2.75) is 57.1 Å². The van der Waals surface area contributed by atoms with Crippen molar-refractivity contribution in [2.24, 2.45) is 5.92 Å².